The lowest BCUT2D eigenvalue weighted by Crippen LogP contribution is -2.25. The van der Waals surface area contributed by atoms with Crippen LogP contribution in [0.1, 0.15) is 26.2 Å². The fourth-order valence-corrected chi connectivity index (χ4v) is 5.05. The lowest BCUT2D eigenvalue weighted by Gasteiger charge is -2.15. The molecule has 0 aromatic carbocycles. The Labute approximate surface area is 156 Å². The third-order valence-electron chi connectivity index (χ3n) is 5.00. The van der Waals surface area contributed by atoms with Gasteiger partial charge in [-0.2, -0.15) is 0 Å². The average molecular weight is 380 g/mol. The molecule has 1 unspecified atom stereocenters. The molecule has 0 aliphatic carbocycles. The number of thiazole rings is 1. The van der Waals surface area contributed by atoms with E-state index >= 15 is 0 Å². The van der Waals surface area contributed by atoms with E-state index in [4.69, 9.17) is 11.6 Å². The largest absolute Gasteiger partial charge is 0.348 e. The van der Waals surface area contributed by atoms with Gasteiger partial charge in [0, 0.05) is 57.5 Å². The van der Waals surface area contributed by atoms with E-state index < -0.39 is 0 Å². The van der Waals surface area contributed by atoms with Crippen molar-refractivity contribution in [2.45, 2.75) is 32.7 Å². The van der Waals surface area contributed by atoms with Crippen molar-refractivity contribution in [2.24, 2.45) is 5.92 Å². The number of rotatable bonds is 5. The summed E-state index contributed by atoms with van der Waals surface area (Å²) < 4.78 is 2.12. The number of carbonyl (C=O) groups excluding carboxylic acids is 1. The van der Waals surface area contributed by atoms with Crippen LogP contribution in [-0.2, 0) is 11.3 Å². The maximum absolute atomic E-state index is 12.0. The van der Waals surface area contributed by atoms with Crippen molar-refractivity contribution in [1.82, 2.24) is 19.4 Å². The molecule has 2 fully saturated rings. The number of likely N-dealkylation sites (tertiary alicyclic amines) is 1. The minimum atomic E-state index is 0.251. The number of nitrogens with zero attached hydrogens (tertiary/aromatic N) is 5. The van der Waals surface area contributed by atoms with Crippen LogP contribution < -0.4 is 4.90 Å². The molecule has 134 valence electrons. The molecule has 25 heavy (non-hydrogen) atoms. The van der Waals surface area contributed by atoms with Crippen LogP contribution in [0.2, 0.25) is 5.15 Å². The molecule has 0 saturated carbocycles. The average Bonchev–Trinajstić information content (AvgIpc) is 3.35. The summed E-state index contributed by atoms with van der Waals surface area (Å²) >= 11 is 8.04. The number of amides is 1. The normalized spacial score (nSPS) is 20.9. The van der Waals surface area contributed by atoms with Gasteiger partial charge < -0.3 is 14.4 Å². The van der Waals surface area contributed by atoms with Gasteiger partial charge in [-0.1, -0.05) is 22.9 Å². The first-order valence-electron chi connectivity index (χ1n) is 8.86. The monoisotopic (exact) mass is 379 g/mol. The summed E-state index contributed by atoms with van der Waals surface area (Å²) in [7, 11) is 0. The van der Waals surface area contributed by atoms with Gasteiger partial charge in [-0.3, -0.25) is 4.79 Å². The molecule has 0 radical (unpaired) electrons. The Balaban J connectivity index is 1.55. The van der Waals surface area contributed by atoms with Gasteiger partial charge in [0.2, 0.25) is 5.91 Å². The first kappa shape index (κ1) is 16.8. The Bertz CT molecular complexity index is 767. The molecule has 0 bridgehead atoms. The van der Waals surface area contributed by atoms with E-state index in [1.165, 1.54) is 12.8 Å². The molecule has 2 aliphatic rings. The molecule has 2 saturated heterocycles. The minimum Gasteiger partial charge on any atom is -0.348 e. The molecule has 8 heteroatoms. The van der Waals surface area contributed by atoms with Crippen molar-refractivity contribution >= 4 is 34.0 Å². The van der Waals surface area contributed by atoms with Crippen molar-refractivity contribution in [2.75, 3.05) is 31.1 Å². The van der Waals surface area contributed by atoms with Gasteiger partial charge in [0.25, 0.3) is 0 Å². The summed E-state index contributed by atoms with van der Waals surface area (Å²) in [6.45, 7) is 6.52. The van der Waals surface area contributed by atoms with Gasteiger partial charge in [-0.15, -0.1) is 0 Å². The summed E-state index contributed by atoms with van der Waals surface area (Å²) in [5, 5.41) is 1.51. The van der Waals surface area contributed by atoms with E-state index in [0.29, 0.717) is 17.5 Å². The zero-order chi connectivity index (χ0) is 17.4. The van der Waals surface area contributed by atoms with Crippen LogP contribution in [0.5, 0.6) is 0 Å². The topological polar surface area (TPSA) is 54.3 Å². The predicted octanol–water partition coefficient (Wildman–Crippen LogP) is 3.13. The number of hydrogen-bond donors (Lipinski definition) is 0. The second-order valence-corrected chi connectivity index (χ2v) is 8.05. The van der Waals surface area contributed by atoms with E-state index in [9.17, 15) is 4.79 Å². The Morgan fingerprint density at radius 1 is 1.36 bits per heavy atom. The summed E-state index contributed by atoms with van der Waals surface area (Å²) in [6.07, 6.45) is 6.81. The van der Waals surface area contributed by atoms with Crippen LogP contribution in [0.3, 0.4) is 0 Å². The highest BCUT2D eigenvalue weighted by atomic mass is 35.5. The highest BCUT2D eigenvalue weighted by Gasteiger charge is 2.29. The van der Waals surface area contributed by atoms with E-state index in [0.717, 1.165) is 48.6 Å². The maximum atomic E-state index is 12.0. The van der Waals surface area contributed by atoms with E-state index in [2.05, 4.69) is 19.4 Å². The molecule has 4 rings (SSSR count). The van der Waals surface area contributed by atoms with E-state index in [-0.39, 0.29) is 5.91 Å². The lowest BCUT2D eigenvalue weighted by molar-refractivity contribution is -0.127. The van der Waals surface area contributed by atoms with Crippen molar-refractivity contribution in [3.63, 3.8) is 0 Å². The van der Waals surface area contributed by atoms with Gasteiger partial charge in [0.1, 0.15) is 4.88 Å². The smallest absolute Gasteiger partial charge is 0.222 e. The Hall–Kier alpha value is -1.60. The van der Waals surface area contributed by atoms with Crippen LogP contribution in [0, 0.1) is 5.92 Å². The van der Waals surface area contributed by atoms with E-state index in [1.54, 1.807) is 17.5 Å². The number of halogens is 1. The molecule has 2 aromatic heterocycles. The summed E-state index contributed by atoms with van der Waals surface area (Å²) in [5.41, 5.74) is 0. The Morgan fingerprint density at radius 3 is 2.88 bits per heavy atom. The fraction of sp³-hybridized carbons (Fsp3) is 0.588. The van der Waals surface area contributed by atoms with Gasteiger partial charge in [-0.25, -0.2) is 9.97 Å². The van der Waals surface area contributed by atoms with Crippen molar-refractivity contribution in [1.29, 1.82) is 0 Å². The van der Waals surface area contributed by atoms with Gasteiger partial charge in [-0.05, 0) is 19.8 Å². The molecule has 1 amide bonds. The zero-order valence-electron chi connectivity index (χ0n) is 14.3. The maximum Gasteiger partial charge on any atom is 0.222 e. The van der Waals surface area contributed by atoms with Crippen LogP contribution in [-0.4, -0.2) is 51.5 Å². The Kier molecular flexibility index (Phi) is 4.69. The van der Waals surface area contributed by atoms with Crippen LogP contribution >= 0.6 is 22.9 Å². The van der Waals surface area contributed by atoms with Crippen molar-refractivity contribution in [3.8, 4) is 10.7 Å². The van der Waals surface area contributed by atoms with Crippen LogP contribution in [0.25, 0.3) is 10.7 Å². The number of hydrogen-bond acceptors (Lipinski definition) is 5. The molecular weight excluding hydrogens is 358 g/mol. The summed E-state index contributed by atoms with van der Waals surface area (Å²) in [6, 6.07) is 0. The molecule has 2 aliphatic heterocycles. The predicted molar refractivity (Wildman–Crippen MR) is 100 cm³/mol. The molecule has 2 aromatic rings. The quantitative estimate of drug-likeness (QED) is 0.800. The summed E-state index contributed by atoms with van der Waals surface area (Å²) in [4.78, 5) is 26.2. The third kappa shape index (κ3) is 3.27. The highest BCUT2D eigenvalue weighted by Crippen LogP contribution is 2.38. The molecular formula is C17H22ClN5OS. The van der Waals surface area contributed by atoms with Gasteiger partial charge >= 0.3 is 0 Å². The first-order chi connectivity index (χ1) is 12.2. The number of carbonyl (C=O) groups is 1. The second-order valence-electron chi connectivity index (χ2n) is 6.72. The fourth-order valence-electron chi connectivity index (χ4n) is 3.70. The van der Waals surface area contributed by atoms with E-state index in [1.807, 2.05) is 18.0 Å². The molecule has 4 heterocycles. The number of imidazole rings is 1. The van der Waals surface area contributed by atoms with Gasteiger partial charge in [0.05, 0.1) is 0 Å². The van der Waals surface area contributed by atoms with Crippen LogP contribution in [0.4, 0.5) is 5.13 Å². The second kappa shape index (κ2) is 6.96. The summed E-state index contributed by atoms with van der Waals surface area (Å²) in [5.74, 6) is 1.43. The van der Waals surface area contributed by atoms with Crippen molar-refractivity contribution in [3.05, 3.63) is 17.5 Å². The molecule has 0 N–H and O–H groups in total. The standard InChI is InChI=1S/C17H22ClN5OS/c1-2-21-10-12(9-13(21)24)11-23-8-5-19-16(23)14-15(18)20-17(25-14)22-6-3-4-7-22/h5,8,12H,2-4,6-7,9-11H2,1H3. The van der Waals surface area contributed by atoms with Crippen LogP contribution in [0.15, 0.2) is 12.4 Å². The molecule has 6 nitrogen and oxygen atoms in total. The number of anilines is 1. The minimum absolute atomic E-state index is 0.251. The third-order valence-corrected chi connectivity index (χ3v) is 6.50. The lowest BCUT2D eigenvalue weighted by atomic mass is 10.1. The highest BCUT2D eigenvalue weighted by molar-refractivity contribution is 7.19. The SMILES string of the molecule is CCN1CC(Cn2ccnc2-c2sc(N3CCCC3)nc2Cl)CC1=O. The van der Waals surface area contributed by atoms with Gasteiger partial charge in [0.15, 0.2) is 16.1 Å². The Morgan fingerprint density at radius 2 is 2.16 bits per heavy atom. The zero-order valence-corrected chi connectivity index (χ0v) is 15.9. The first-order valence-corrected chi connectivity index (χ1v) is 10.1. The molecule has 1 atom stereocenters. The molecule has 0 spiro atoms. The number of aromatic nitrogens is 3. The van der Waals surface area contributed by atoms with Crippen molar-refractivity contribution < 1.29 is 4.79 Å².